The Morgan fingerprint density at radius 1 is 1.70 bits per heavy atom. The van der Waals surface area contributed by atoms with Crippen molar-refractivity contribution in [2.45, 2.75) is 6.54 Å². The first-order valence-corrected chi connectivity index (χ1v) is 3.12. The number of hydrogen-bond donors (Lipinski definition) is 2. The predicted octanol–water partition coefficient (Wildman–Crippen LogP) is -0.244. The number of rotatable bonds is 4. The van der Waals surface area contributed by atoms with Crippen LogP contribution in [-0.2, 0) is 6.54 Å². The second kappa shape index (κ2) is 4.03. The normalized spacial score (nSPS) is 10.1. The molecule has 0 saturated heterocycles. The van der Waals surface area contributed by atoms with Gasteiger partial charge in [-0.1, -0.05) is 0 Å². The number of hydrogen-bond acceptors (Lipinski definition) is 4. The van der Waals surface area contributed by atoms with Crippen LogP contribution in [0, 0.1) is 0 Å². The molecule has 0 atom stereocenters. The minimum atomic E-state index is 0.147. The van der Waals surface area contributed by atoms with Crippen molar-refractivity contribution in [1.82, 2.24) is 10.3 Å². The van der Waals surface area contributed by atoms with Crippen LogP contribution >= 0.6 is 0 Å². The smallest absolute Gasteiger partial charge is 0.180 e. The Balaban J connectivity index is 2.15. The molecule has 0 fully saturated rings. The molecular formula is C6H10N2O2. The third-order valence-electron chi connectivity index (χ3n) is 1.07. The first kappa shape index (κ1) is 7.24. The summed E-state index contributed by atoms with van der Waals surface area (Å²) in [5.74, 6) is 0.786. The van der Waals surface area contributed by atoms with Crippen LogP contribution in [0.3, 0.4) is 0 Å². The monoisotopic (exact) mass is 142 g/mol. The van der Waals surface area contributed by atoms with Gasteiger partial charge < -0.3 is 14.8 Å². The molecule has 1 aromatic rings. The van der Waals surface area contributed by atoms with Crippen LogP contribution in [0.5, 0.6) is 0 Å². The molecule has 1 heterocycles. The lowest BCUT2D eigenvalue weighted by Crippen LogP contribution is -2.16. The largest absolute Gasteiger partial charge is 0.447 e. The highest BCUT2D eigenvalue weighted by Crippen LogP contribution is 1.93. The van der Waals surface area contributed by atoms with Crippen molar-refractivity contribution in [3.05, 3.63) is 18.4 Å². The summed E-state index contributed by atoms with van der Waals surface area (Å²) in [5, 5.41) is 11.3. The van der Waals surface area contributed by atoms with Crippen LogP contribution in [-0.4, -0.2) is 23.2 Å². The van der Waals surface area contributed by atoms with Gasteiger partial charge in [0, 0.05) is 6.54 Å². The quantitative estimate of drug-likeness (QED) is 0.569. The third kappa shape index (κ3) is 2.16. The SMILES string of the molecule is OCCNCc1cnco1. The molecule has 4 heteroatoms. The van der Waals surface area contributed by atoms with Crippen molar-refractivity contribution in [2.75, 3.05) is 13.2 Å². The topological polar surface area (TPSA) is 58.3 Å². The third-order valence-corrected chi connectivity index (χ3v) is 1.07. The molecule has 2 N–H and O–H groups in total. The summed E-state index contributed by atoms with van der Waals surface area (Å²) < 4.78 is 4.92. The molecule has 0 bridgehead atoms. The Kier molecular flexibility index (Phi) is 2.92. The van der Waals surface area contributed by atoms with Crippen molar-refractivity contribution in [3.8, 4) is 0 Å². The first-order valence-electron chi connectivity index (χ1n) is 3.12. The van der Waals surface area contributed by atoms with E-state index in [1.807, 2.05) is 0 Å². The van der Waals surface area contributed by atoms with Crippen molar-refractivity contribution in [3.63, 3.8) is 0 Å². The van der Waals surface area contributed by atoms with Gasteiger partial charge in [0.1, 0.15) is 5.76 Å². The molecule has 0 unspecified atom stereocenters. The average molecular weight is 142 g/mol. The lowest BCUT2D eigenvalue weighted by atomic mass is 10.5. The van der Waals surface area contributed by atoms with Crippen LogP contribution in [0.1, 0.15) is 5.76 Å². The van der Waals surface area contributed by atoms with Crippen molar-refractivity contribution >= 4 is 0 Å². The summed E-state index contributed by atoms with van der Waals surface area (Å²) in [6, 6.07) is 0. The molecule has 10 heavy (non-hydrogen) atoms. The van der Waals surface area contributed by atoms with Crippen LogP contribution in [0.2, 0.25) is 0 Å². The number of aliphatic hydroxyl groups is 1. The van der Waals surface area contributed by atoms with Crippen LogP contribution < -0.4 is 5.32 Å². The van der Waals surface area contributed by atoms with Gasteiger partial charge in [-0.05, 0) is 0 Å². The lowest BCUT2D eigenvalue weighted by molar-refractivity contribution is 0.289. The molecule has 0 aromatic carbocycles. The highest BCUT2D eigenvalue weighted by atomic mass is 16.3. The van der Waals surface area contributed by atoms with E-state index in [0.29, 0.717) is 13.1 Å². The average Bonchev–Trinajstić information content (AvgIpc) is 2.41. The highest BCUT2D eigenvalue weighted by Gasteiger charge is 1.92. The van der Waals surface area contributed by atoms with E-state index in [1.54, 1.807) is 6.20 Å². The van der Waals surface area contributed by atoms with Crippen molar-refractivity contribution in [1.29, 1.82) is 0 Å². The number of aliphatic hydroxyl groups excluding tert-OH is 1. The van der Waals surface area contributed by atoms with E-state index in [0.717, 1.165) is 5.76 Å². The maximum Gasteiger partial charge on any atom is 0.180 e. The molecular weight excluding hydrogens is 132 g/mol. The Hall–Kier alpha value is -0.870. The molecule has 56 valence electrons. The van der Waals surface area contributed by atoms with Crippen LogP contribution in [0.15, 0.2) is 17.0 Å². The fraction of sp³-hybridized carbons (Fsp3) is 0.500. The number of nitrogens with one attached hydrogen (secondary N) is 1. The van der Waals surface area contributed by atoms with Gasteiger partial charge in [-0.3, -0.25) is 0 Å². The van der Waals surface area contributed by atoms with E-state index < -0.39 is 0 Å². The van der Waals surface area contributed by atoms with Gasteiger partial charge in [0.15, 0.2) is 6.39 Å². The summed E-state index contributed by atoms with van der Waals surface area (Å²) in [6.45, 7) is 1.36. The standard InChI is InChI=1S/C6H10N2O2/c9-2-1-7-3-6-4-8-5-10-6/h4-5,7,9H,1-3H2. The van der Waals surface area contributed by atoms with Crippen LogP contribution in [0.4, 0.5) is 0 Å². The molecule has 0 spiro atoms. The van der Waals surface area contributed by atoms with Gasteiger partial charge in [0.2, 0.25) is 0 Å². The number of aromatic nitrogens is 1. The van der Waals surface area contributed by atoms with Gasteiger partial charge in [0.05, 0.1) is 19.3 Å². The van der Waals surface area contributed by atoms with Gasteiger partial charge in [-0.25, -0.2) is 4.98 Å². The molecule has 1 aromatic heterocycles. The van der Waals surface area contributed by atoms with E-state index in [1.165, 1.54) is 6.39 Å². The summed E-state index contributed by atoms with van der Waals surface area (Å²) in [5.41, 5.74) is 0. The van der Waals surface area contributed by atoms with E-state index in [9.17, 15) is 0 Å². The van der Waals surface area contributed by atoms with Gasteiger partial charge in [-0.15, -0.1) is 0 Å². The van der Waals surface area contributed by atoms with Gasteiger partial charge >= 0.3 is 0 Å². The highest BCUT2D eigenvalue weighted by molar-refractivity contribution is 4.86. The van der Waals surface area contributed by atoms with Gasteiger partial charge in [-0.2, -0.15) is 0 Å². The van der Waals surface area contributed by atoms with E-state index in [2.05, 4.69) is 10.3 Å². The zero-order valence-corrected chi connectivity index (χ0v) is 5.58. The number of nitrogens with zero attached hydrogens (tertiary/aromatic N) is 1. The minimum Gasteiger partial charge on any atom is -0.447 e. The fourth-order valence-electron chi connectivity index (χ4n) is 0.620. The van der Waals surface area contributed by atoms with E-state index >= 15 is 0 Å². The maximum atomic E-state index is 8.39. The molecule has 0 aliphatic carbocycles. The van der Waals surface area contributed by atoms with Crippen molar-refractivity contribution < 1.29 is 9.52 Å². The zero-order valence-electron chi connectivity index (χ0n) is 5.58. The van der Waals surface area contributed by atoms with Crippen molar-refractivity contribution in [2.24, 2.45) is 0 Å². The molecule has 1 rings (SSSR count). The molecule has 4 nitrogen and oxygen atoms in total. The van der Waals surface area contributed by atoms with Gasteiger partial charge in [0.25, 0.3) is 0 Å². The molecule has 0 aliphatic heterocycles. The second-order valence-electron chi connectivity index (χ2n) is 1.87. The first-order chi connectivity index (χ1) is 4.93. The van der Waals surface area contributed by atoms with E-state index in [-0.39, 0.29) is 6.61 Å². The Morgan fingerprint density at radius 2 is 2.60 bits per heavy atom. The molecule has 0 amide bonds. The predicted molar refractivity (Wildman–Crippen MR) is 35.3 cm³/mol. The Bertz CT molecular complexity index is 162. The number of oxazole rings is 1. The second-order valence-corrected chi connectivity index (χ2v) is 1.87. The Morgan fingerprint density at radius 3 is 3.20 bits per heavy atom. The summed E-state index contributed by atoms with van der Waals surface area (Å²) in [7, 11) is 0. The minimum absolute atomic E-state index is 0.147. The zero-order chi connectivity index (χ0) is 7.23. The lowest BCUT2D eigenvalue weighted by Gasteiger charge is -1.96. The Labute approximate surface area is 58.9 Å². The summed E-state index contributed by atoms with van der Waals surface area (Å²) in [4.78, 5) is 3.73. The summed E-state index contributed by atoms with van der Waals surface area (Å²) in [6.07, 6.45) is 3.03. The summed E-state index contributed by atoms with van der Waals surface area (Å²) >= 11 is 0. The van der Waals surface area contributed by atoms with E-state index in [4.69, 9.17) is 9.52 Å². The molecule has 0 saturated carbocycles. The molecule has 0 radical (unpaired) electrons. The fourth-order valence-corrected chi connectivity index (χ4v) is 0.620. The molecule has 0 aliphatic rings. The maximum absolute atomic E-state index is 8.39. The van der Waals surface area contributed by atoms with Crippen LogP contribution in [0.25, 0.3) is 0 Å².